The summed E-state index contributed by atoms with van der Waals surface area (Å²) in [5.74, 6) is 0.227. The van der Waals surface area contributed by atoms with Crippen LogP contribution in [0.1, 0.15) is 17.5 Å². The molecule has 0 spiro atoms. The van der Waals surface area contributed by atoms with E-state index in [2.05, 4.69) is 10.0 Å². The first-order chi connectivity index (χ1) is 12.4. The lowest BCUT2D eigenvalue weighted by Crippen LogP contribution is -2.37. The maximum absolute atomic E-state index is 12.3. The maximum atomic E-state index is 12.3. The maximum Gasteiger partial charge on any atom is 0.241 e. The van der Waals surface area contributed by atoms with Gasteiger partial charge in [0.25, 0.3) is 0 Å². The molecule has 140 valence electrons. The fraction of sp³-hybridized carbons (Fsp3) is 0.316. The molecule has 0 aliphatic carbocycles. The van der Waals surface area contributed by atoms with Gasteiger partial charge in [-0.3, -0.25) is 4.79 Å². The summed E-state index contributed by atoms with van der Waals surface area (Å²) in [4.78, 5) is 12.0. The molecule has 0 bridgehead atoms. The van der Waals surface area contributed by atoms with Gasteiger partial charge in [-0.05, 0) is 49.1 Å². The van der Waals surface area contributed by atoms with Gasteiger partial charge in [0.2, 0.25) is 15.9 Å². The number of hydrogen-bond acceptors (Lipinski definition) is 4. The van der Waals surface area contributed by atoms with Crippen LogP contribution in [-0.2, 0) is 21.2 Å². The third kappa shape index (κ3) is 5.86. The van der Waals surface area contributed by atoms with Crippen molar-refractivity contribution in [2.24, 2.45) is 0 Å². The van der Waals surface area contributed by atoms with Crippen molar-refractivity contribution in [1.29, 1.82) is 0 Å². The van der Waals surface area contributed by atoms with Gasteiger partial charge >= 0.3 is 0 Å². The van der Waals surface area contributed by atoms with Crippen LogP contribution >= 0.6 is 0 Å². The van der Waals surface area contributed by atoms with Crippen LogP contribution < -0.4 is 14.8 Å². The van der Waals surface area contributed by atoms with Crippen molar-refractivity contribution in [1.82, 2.24) is 10.0 Å². The topological polar surface area (TPSA) is 84.5 Å². The van der Waals surface area contributed by atoms with E-state index >= 15 is 0 Å². The summed E-state index contributed by atoms with van der Waals surface area (Å²) in [6.45, 7) is 1.89. The molecular weight excluding hydrogens is 352 g/mol. The number of hydrogen-bond donors (Lipinski definition) is 2. The quantitative estimate of drug-likeness (QED) is 0.656. The number of ether oxygens (including phenoxy) is 1. The molecule has 0 unspecified atom stereocenters. The van der Waals surface area contributed by atoms with Gasteiger partial charge in [0.15, 0.2) is 0 Å². The standard InChI is InChI=1S/C19H24N2O4S/c1-15-13-17(25-2)10-11-18(15)26(23,24)21-14-19(22)20-12-6-9-16-7-4-3-5-8-16/h3-5,7-8,10-11,13,21H,6,9,12,14H2,1-2H3,(H,20,22). The van der Waals surface area contributed by atoms with Gasteiger partial charge < -0.3 is 10.1 Å². The summed E-state index contributed by atoms with van der Waals surface area (Å²) < 4.78 is 32.1. The van der Waals surface area contributed by atoms with Gasteiger partial charge in [0, 0.05) is 6.54 Å². The van der Waals surface area contributed by atoms with Gasteiger partial charge in [0.05, 0.1) is 18.6 Å². The number of aryl methyl sites for hydroxylation is 2. The Morgan fingerprint density at radius 2 is 1.85 bits per heavy atom. The van der Waals surface area contributed by atoms with Crippen LogP contribution in [0.5, 0.6) is 5.75 Å². The van der Waals surface area contributed by atoms with Crippen LogP contribution in [0, 0.1) is 6.92 Å². The summed E-state index contributed by atoms with van der Waals surface area (Å²) in [5, 5.41) is 2.72. The SMILES string of the molecule is COc1ccc(S(=O)(=O)NCC(=O)NCCCc2ccccc2)c(C)c1. The largest absolute Gasteiger partial charge is 0.497 e. The van der Waals surface area contributed by atoms with Gasteiger partial charge in [-0.25, -0.2) is 13.1 Å². The number of methoxy groups -OCH3 is 1. The second-order valence-corrected chi connectivity index (χ2v) is 7.63. The normalized spacial score (nSPS) is 11.2. The lowest BCUT2D eigenvalue weighted by atomic mass is 10.1. The highest BCUT2D eigenvalue weighted by Crippen LogP contribution is 2.20. The summed E-state index contributed by atoms with van der Waals surface area (Å²) in [7, 11) is -2.23. The van der Waals surface area contributed by atoms with Gasteiger partial charge in [-0.2, -0.15) is 0 Å². The molecule has 1 amide bonds. The highest BCUT2D eigenvalue weighted by molar-refractivity contribution is 7.89. The van der Waals surface area contributed by atoms with Gasteiger partial charge in [0.1, 0.15) is 5.75 Å². The molecule has 2 aromatic carbocycles. The van der Waals surface area contributed by atoms with Crippen molar-refractivity contribution in [2.75, 3.05) is 20.2 Å². The number of benzene rings is 2. The Morgan fingerprint density at radius 1 is 1.12 bits per heavy atom. The van der Waals surface area contributed by atoms with Crippen molar-refractivity contribution in [3.8, 4) is 5.75 Å². The van der Waals surface area contributed by atoms with Crippen molar-refractivity contribution < 1.29 is 17.9 Å². The van der Waals surface area contributed by atoms with Crippen molar-refractivity contribution in [3.63, 3.8) is 0 Å². The van der Waals surface area contributed by atoms with Crippen LogP contribution in [0.3, 0.4) is 0 Å². The van der Waals surface area contributed by atoms with E-state index in [1.54, 1.807) is 19.1 Å². The van der Waals surface area contributed by atoms with E-state index in [4.69, 9.17) is 4.74 Å². The lowest BCUT2D eigenvalue weighted by Gasteiger charge is -2.11. The van der Waals surface area contributed by atoms with E-state index in [1.807, 2.05) is 30.3 Å². The second kappa shape index (κ2) is 9.35. The first-order valence-corrected chi connectivity index (χ1v) is 9.85. The molecule has 0 fully saturated rings. The van der Waals surface area contributed by atoms with Crippen LogP contribution in [0.25, 0.3) is 0 Å². The van der Waals surface area contributed by atoms with Gasteiger partial charge in [-0.15, -0.1) is 0 Å². The van der Waals surface area contributed by atoms with E-state index in [-0.39, 0.29) is 17.3 Å². The molecule has 26 heavy (non-hydrogen) atoms. The molecule has 7 heteroatoms. The molecule has 0 atom stereocenters. The monoisotopic (exact) mass is 376 g/mol. The molecule has 2 N–H and O–H groups in total. The Labute approximate surface area is 154 Å². The van der Waals surface area contributed by atoms with E-state index in [1.165, 1.54) is 18.7 Å². The smallest absolute Gasteiger partial charge is 0.241 e. The number of nitrogens with one attached hydrogen (secondary N) is 2. The predicted octanol–water partition coefficient (Wildman–Crippen LogP) is 2.03. The fourth-order valence-corrected chi connectivity index (χ4v) is 3.72. The zero-order valence-corrected chi connectivity index (χ0v) is 15.8. The highest BCUT2D eigenvalue weighted by Gasteiger charge is 2.18. The Bertz CT molecular complexity index is 836. The molecule has 6 nitrogen and oxygen atoms in total. The summed E-state index contributed by atoms with van der Waals surface area (Å²) in [5.41, 5.74) is 1.76. The molecule has 2 rings (SSSR count). The third-order valence-electron chi connectivity index (χ3n) is 3.90. The Balaban J connectivity index is 1.79. The van der Waals surface area contributed by atoms with E-state index in [0.717, 1.165) is 12.8 Å². The summed E-state index contributed by atoms with van der Waals surface area (Å²) >= 11 is 0. The molecule has 0 heterocycles. The van der Waals surface area contributed by atoms with Crippen LogP contribution in [-0.4, -0.2) is 34.5 Å². The van der Waals surface area contributed by atoms with E-state index in [9.17, 15) is 13.2 Å². The minimum atomic E-state index is -3.75. The zero-order chi connectivity index (χ0) is 19.0. The van der Waals surface area contributed by atoms with E-state index in [0.29, 0.717) is 17.9 Å². The zero-order valence-electron chi connectivity index (χ0n) is 15.0. The molecule has 0 radical (unpaired) electrons. The second-order valence-electron chi connectivity index (χ2n) is 5.90. The first kappa shape index (κ1) is 19.9. The average molecular weight is 376 g/mol. The molecule has 0 aromatic heterocycles. The van der Waals surface area contributed by atoms with E-state index < -0.39 is 10.0 Å². The van der Waals surface area contributed by atoms with Gasteiger partial charge in [-0.1, -0.05) is 30.3 Å². The highest BCUT2D eigenvalue weighted by atomic mass is 32.2. The molecule has 0 saturated heterocycles. The van der Waals surface area contributed by atoms with Crippen LogP contribution in [0.15, 0.2) is 53.4 Å². The Morgan fingerprint density at radius 3 is 2.50 bits per heavy atom. The Kier molecular flexibility index (Phi) is 7.17. The fourth-order valence-electron chi connectivity index (χ4n) is 2.52. The number of amides is 1. The number of carbonyl (C=O) groups is 1. The van der Waals surface area contributed by atoms with Crippen molar-refractivity contribution in [2.45, 2.75) is 24.7 Å². The van der Waals surface area contributed by atoms with Crippen molar-refractivity contribution >= 4 is 15.9 Å². The van der Waals surface area contributed by atoms with Crippen molar-refractivity contribution in [3.05, 3.63) is 59.7 Å². The first-order valence-electron chi connectivity index (χ1n) is 8.37. The Hall–Kier alpha value is -2.38. The molecule has 0 saturated carbocycles. The molecular formula is C19H24N2O4S. The minimum Gasteiger partial charge on any atom is -0.497 e. The van der Waals surface area contributed by atoms with Crippen LogP contribution in [0.4, 0.5) is 0 Å². The number of sulfonamides is 1. The predicted molar refractivity (Wildman–Crippen MR) is 101 cm³/mol. The third-order valence-corrected chi connectivity index (χ3v) is 5.46. The molecule has 2 aromatic rings. The summed E-state index contributed by atoms with van der Waals surface area (Å²) in [6, 6.07) is 14.7. The number of carbonyl (C=O) groups excluding carboxylic acids is 1. The number of rotatable bonds is 9. The summed E-state index contributed by atoms with van der Waals surface area (Å²) in [6.07, 6.45) is 1.65. The average Bonchev–Trinajstić information content (AvgIpc) is 2.64. The molecule has 0 aliphatic heterocycles. The van der Waals surface area contributed by atoms with Crippen LogP contribution in [0.2, 0.25) is 0 Å². The minimum absolute atomic E-state index is 0.134. The molecule has 0 aliphatic rings. The lowest BCUT2D eigenvalue weighted by molar-refractivity contribution is -0.119.